The summed E-state index contributed by atoms with van der Waals surface area (Å²) in [6, 6.07) is 9.53. The van der Waals surface area contributed by atoms with Crippen molar-refractivity contribution >= 4 is 23.9 Å². The van der Waals surface area contributed by atoms with Gasteiger partial charge in [0.2, 0.25) is 5.91 Å². The van der Waals surface area contributed by atoms with Gasteiger partial charge in [-0.05, 0) is 31.7 Å². The molecule has 12 nitrogen and oxygen atoms in total. The number of carbonyl (C=O) groups is 4. The maximum absolute atomic E-state index is 13.4. The van der Waals surface area contributed by atoms with Gasteiger partial charge >= 0.3 is 12.1 Å². The molecule has 2 atom stereocenters. The number of nitrogens with zero attached hydrogens (tertiary/aromatic N) is 4. The fraction of sp³-hybridized carbons (Fsp3) is 0.481. The lowest BCUT2D eigenvalue weighted by molar-refractivity contribution is -0.138. The summed E-state index contributed by atoms with van der Waals surface area (Å²) in [6.07, 6.45) is -0.476. The minimum atomic E-state index is -1.10. The number of nitrogens with one attached hydrogen (secondary N) is 1. The monoisotopic (exact) mass is 541 g/mol. The zero-order valence-electron chi connectivity index (χ0n) is 22.2. The maximum atomic E-state index is 13.4. The summed E-state index contributed by atoms with van der Waals surface area (Å²) >= 11 is 0. The Morgan fingerprint density at radius 1 is 1.05 bits per heavy atom. The number of carboxylic acid groups (broad SMARTS) is 1. The number of aromatic nitrogens is 2. The van der Waals surface area contributed by atoms with Gasteiger partial charge < -0.3 is 30.1 Å². The lowest BCUT2D eigenvalue weighted by Gasteiger charge is -2.35. The topological polar surface area (TPSA) is 162 Å². The van der Waals surface area contributed by atoms with E-state index in [1.54, 1.807) is 6.92 Å². The average Bonchev–Trinajstić information content (AvgIpc) is 2.95. The Kier molecular flexibility index (Phi) is 10.7. The predicted molar refractivity (Wildman–Crippen MR) is 141 cm³/mol. The van der Waals surface area contributed by atoms with Crippen molar-refractivity contribution in [2.75, 3.05) is 39.4 Å². The van der Waals surface area contributed by atoms with Crippen LogP contribution in [-0.2, 0) is 20.7 Å². The SMILES string of the molecule is CCOC(=O)N1CCN(C(=O)C(CCC(=O)O)NC(=O)c2cc(CC(C)CO)nc(-c3ccccc3)n2)CC1. The van der Waals surface area contributed by atoms with Gasteiger partial charge in [-0.25, -0.2) is 14.8 Å². The van der Waals surface area contributed by atoms with Gasteiger partial charge in [-0.15, -0.1) is 0 Å². The number of benzene rings is 1. The van der Waals surface area contributed by atoms with Gasteiger partial charge in [0.1, 0.15) is 11.7 Å². The first-order chi connectivity index (χ1) is 18.7. The molecule has 39 heavy (non-hydrogen) atoms. The Bertz CT molecular complexity index is 1150. The van der Waals surface area contributed by atoms with Gasteiger partial charge in [-0.1, -0.05) is 37.3 Å². The molecule has 2 heterocycles. The van der Waals surface area contributed by atoms with Crippen LogP contribution in [0.15, 0.2) is 36.4 Å². The second-order valence-electron chi connectivity index (χ2n) is 9.40. The molecule has 0 radical (unpaired) electrons. The smallest absolute Gasteiger partial charge is 0.409 e. The lowest BCUT2D eigenvalue weighted by Crippen LogP contribution is -2.56. The van der Waals surface area contributed by atoms with E-state index in [1.165, 1.54) is 15.9 Å². The summed E-state index contributed by atoms with van der Waals surface area (Å²) in [6.45, 7) is 4.75. The van der Waals surface area contributed by atoms with Crippen LogP contribution in [0.2, 0.25) is 0 Å². The third-order valence-electron chi connectivity index (χ3n) is 6.28. The molecule has 2 aromatic rings. The molecular formula is C27H35N5O7. The first kappa shape index (κ1) is 29.5. The minimum Gasteiger partial charge on any atom is -0.481 e. The Morgan fingerprint density at radius 3 is 2.33 bits per heavy atom. The Morgan fingerprint density at radius 2 is 1.72 bits per heavy atom. The molecule has 1 fully saturated rings. The van der Waals surface area contributed by atoms with Crippen molar-refractivity contribution in [2.24, 2.45) is 5.92 Å². The molecule has 0 spiro atoms. The van der Waals surface area contributed by atoms with Crippen molar-refractivity contribution in [3.05, 3.63) is 47.8 Å². The van der Waals surface area contributed by atoms with Crippen LogP contribution in [0, 0.1) is 5.92 Å². The Labute approximate surface area is 227 Å². The summed E-state index contributed by atoms with van der Waals surface area (Å²) in [5.41, 5.74) is 1.28. The summed E-state index contributed by atoms with van der Waals surface area (Å²) in [7, 11) is 0. The standard InChI is InChI=1S/C27H35N5O7/c1-3-39-27(38)32-13-11-31(12-14-32)26(37)21(9-10-23(34)35)30-25(36)22-16-20(15-18(2)17-33)28-24(29-22)19-7-5-4-6-8-19/h4-8,16,18,21,33H,3,9-15,17H2,1-2H3,(H,30,36)(H,34,35). The molecule has 1 aromatic carbocycles. The van der Waals surface area contributed by atoms with E-state index in [2.05, 4.69) is 15.3 Å². The number of rotatable bonds is 11. The molecule has 0 bridgehead atoms. The van der Waals surface area contributed by atoms with Gasteiger partial charge in [0, 0.05) is 50.5 Å². The quantitative estimate of drug-likeness (QED) is 0.383. The van der Waals surface area contributed by atoms with E-state index in [1.807, 2.05) is 37.3 Å². The number of ether oxygens (including phenoxy) is 1. The van der Waals surface area contributed by atoms with Crippen LogP contribution in [0.5, 0.6) is 0 Å². The van der Waals surface area contributed by atoms with Crippen LogP contribution >= 0.6 is 0 Å². The number of piperazine rings is 1. The number of amides is 3. The van der Waals surface area contributed by atoms with Crippen LogP contribution in [0.4, 0.5) is 4.79 Å². The molecule has 3 rings (SSSR count). The zero-order chi connectivity index (χ0) is 28.4. The maximum Gasteiger partial charge on any atom is 0.409 e. The van der Waals surface area contributed by atoms with E-state index in [-0.39, 0.29) is 63.8 Å². The fourth-order valence-electron chi connectivity index (χ4n) is 4.16. The van der Waals surface area contributed by atoms with Crippen LogP contribution in [-0.4, -0.2) is 99.3 Å². The third kappa shape index (κ3) is 8.47. The molecule has 12 heteroatoms. The van der Waals surface area contributed by atoms with Crippen molar-refractivity contribution in [1.82, 2.24) is 25.1 Å². The first-order valence-electron chi connectivity index (χ1n) is 13.0. The molecule has 1 saturated heterocycles. The zero-order valence-corrected chi connectivity index (χ0v) is 22.2. The van der Waals surface area contributed by atoms with E-state index in [9.17, 15) is 29.4 Å². The Balaban J connectivity index is 1.81. The minimum absolute atomic E-state index is 0.0317. The van der Waals surface area contributed by atoms with Gasteiger partial charge in [-0.2, -0.15) is 0 Å². The normalized spacial score (nSPS) is 14.8. The van der Waals surface area contributed by atoms with Crippen molar-refractivity contribution in [3.8, 4) is 11.4 Å². The first-order valence-corrected chi connectivity index (χ1v) is 13.0. The van der Waals surface area contributed by atoms with E-state index < -0.39 is 29.9 Å². The highest BCUT2D eigenvalue weighted by atomic mass is 16.6. The summed E-state index contributed by atoms with van der Waals surface area (Å²) in [5.74, 6) is -1.94. The number of hydrogen-bond donors (Lipinski definition) is 3. The van der Waals surface area contributed by atoms with Crippen molar-refractivity contribution < 1.29 is 34.1 Å². The molecule has 0 saturated carbocycles. The average molecular weight is 542 g/mol. The van der Waals surface area contributed by atoms with E-state index in [0.717, 1.165) is 0 Å². The molecule has 210 valence electrons. The second-order valence-corrected chi connectivity index (χ2v) is 9.40. The predicted octanol–water partition coefficient (Wildman–Crippen LogP) is 1.58. The highest BCUT2D eigenvalue weighted by Gasteiger charge is 2.31. The van der Waals surface area contributed by atoms with Gasteiger partial charge in [0.15, 0.2) is 5.82 Å². The number of aliphatic carboxylic acids is 1. The molecular weight excluding hydrogens is 506 g/mol. The summed E-state index contributed by atoms with van der Waals surface area (Å²) in [4.78, 5) is 61.9. The van der Waals surface area contributed by atoms with E-state index in [4.69, 9.17) is 4.74 Å². The molecule has 0 aliphatic carbocycles. The number of carboxylic acids is 1. The second kappa shape index (κ2) is 14.2. The number of aliphatic hydroxyl groups is 1. The van der Waals surface area contributed by atoms with Crippen LogP contribution in [0.1, 0.15) is 42.9 Å². The third-order valence-corrected chi connectivity index (χ3v) is 6.28. The van der Waals surface area contributed by atoms with Crippen molar-refractivity contribution in [3.63, 3.8) is 0 Å². The van der Waals surface area contributed by atoms with Crippen molar-refractivity contribution in [2.45, 2.75) is 39.2 Å². The number of carbonyl (C=O) groups excluding carboxylic acids is 3. The highest BCUT2D eigenvalue weighted by Crippen LogP contribution is 2.18. The number of aliphatic hydroxyl groups excluding tert-OH is 1. The van der Waals surface area contributed by atoms with Gasteiger partial charge in [0.05, 0.1) is 6.61 Å². The fourth-order valence-corrected chi connectivity index (χ4v) is 4.16. The highest BCUT2D eigenvalue weighted by molar-refractivity contribution is 5.96. The van der Waals surface area contributed by atoms with Gasteiger partial charge in [0.25, 0.3) is 5.91 Å². The van der Waals surface area contributed by atoms with Crippen molar-refractivity contribution in [1.29, 1.82) is 0 Å². The van der Waals surface area contributed by atoms with E-state index >= 15 is 0 Å². The number of hydrogen-bond acceptors (Lipinski definition) is 8. The van der Waals surface area contributed by atoms with Crippen LogP contribution in [0.3, 0.4) is 0 Å². The molecule has 2 unspecified atom stereocenters. The summed E-state index contributed by atoms with van der Waals surface area (Å²) < 4.78 is 5.01. The van der Waals surface area contributed by atoms with Crippen LogP contribution in [0.25, 0.3) is 11.4 Å². The molecule has 1 aromatic heterocycles. The molecule has 3 N–H and O–H groups in total. The van der Waals surface area contributed by atoms with Crippen LogP contribution < -0.4 is 5.32 Å². The largest absolute Gasteiger partial charge is 0.481 e. The Hall–Kier alpha value is -4.06. The molecule has 1 aliphatic rings. The van der Waals surface area contributed by atoms with E-state index in [0.29, 0.717) is 23.5 Å². The molecule has 1 aliphatic heterocycles. The van der Waals surface area contributed by atoms with Gasteiger partial charge in [-0.3, -0.25) is 14.4 Å². The lowest BCUT2D eigenvalue weighted by atomic mass is 10.1. The summed E-state index contributed by atoms with van der Waals surface area (Å²) in [5, 5.41) is 21.4. The molecule has 3 amide bonds.